The van der Waals surface area contributed by atoms with E-state index in [-0.39, 0.29) is 11.1 Å². The Balaban J connectivity index is 2.29. The predicted octanol–water partition coefficient (Wildman–Crippen LogP) is 4.00. The van der Waals surface area contributed by atoms with E-state index in [4.69, 9.17) is 0 Å². The molecule has 5 heteroatoms. The summed E-state index contributed by atoms with van der Waals surface area (Å²) in [6.07, 6.45) is -2.17. The second-order valence-electron chi connectivity index (χ2n) is 4.27. The molecule has 2 aromatic rings. The minimum absolute atomic E-state index is 0.00274. The number of aliphatic hydroxyl groups excluding tert-OH is 1. The summed E-state index contributed by atoms with van der Waals surface area (Å²) < 4.78 is 28.8. The molecule has 2 rings (SSSR count). The lowest BCUT2D eigenvalue weighted by molar-refractivity contribution is -0.0792. The van der Waals surface area contributed by atoms with Gasteiger partial charge in [0.15, 0.2) is 6.10 Å². The van der Waals surface area contributed by atoms with E-state index in [9.17, 15) is 18.7 Å². The standard InChI is InChI=1S/C15H11BrF2O2/c16-12-8-6-11(7-9-12)14(20)15(17,18)13(19)10-4-2-1-3-5-10/h1-9,13,19H. The molecule has 0 saturated carbocycles. The molecule has 0 fully saturated rings. The van der Waals surface area contributed by atoms with Crippen molar-refractivity contribution in [3.63, 3.8) is 0 Å². The number of benzene rings is 2. The number of rotatable bonds is 4. The van der Waals surface area contributed by atoms with Gasteiger partial charge in [-0.05, 0) is 17.7 Å². The van der Waals surface area contributed by atoms with Crippen molar-refractivity contribution in [1.29, 1.82) is 0 Å². The molecule has 1 atom stereocenters. The van der Waals surface area contributed by atoms with E-state index in [0.717, 1.165) is 0 Å². The highest BCUT2D eigenvalue weighted by Gasteiger charge is 2.47. The Morgan fingerprint density at radius 1 is 1.05 bits per heavy atom. The Labute approximate surface area is 123 Å². The van der Waals surface area contributed by atoms with Crippen LogP contribution in [0.15, 0.2) is 59.1 Å². The molecule has 0 saturated heterocycles. The molecular formula is C15H11BrF2O2. The monoisotopic (exact) mass is 340 g/mol. The van der Waals surface area contributed by atoms with E-state index in [1.165, 1.54) is 48.5 Å². The molecule has 0 radical (unpaired) electrons. The second kappa shape index (κ2) is 5.81. The van der Waals surface area contributed by atoms with Gasteiger partial charge in [0.1, 0.15) is 0 Å². The number of ketones is 1. The fraction of sp³-hybridized carbons (Fsp3) is 0.133. The van der Waals surface area contributed by atoms with Crippen molar-refractivity contribution in [2.24, 2.45) is 0 Å². The number of carbonyl (C=O) groups excluding carboxylic acids is 1. The maximum absolute atomic E-state index is 14.1. The molecule has 2 aromatic carbocycles. The summed E-state index contributed by atoms with van der Waals surface area (Å²) in [5.74, 6) is -5.28. The van der Waals surface area contributed by atoms with Crippen molar-refractivity contribution in [3.8, 4) is 0 Å². The molecule has 1 N–H and O–H groups in total. The lowest BCUT2D eigenvalue weighted by Crippen LogP contribution is -2.35. The average Bonchev–Trinajstić information content (AvgIpc) is 2.47. The van der Waals surface area contributed by atoms with Gasteiger partial charge in [-0.1, -0.05) is 58.4 Å². The second-order valence-corrected chi connectivity index (χ2v) is 5.19. The third-order valence-electron chi connectivity index (χ3n) is 2.87. The van der Waals surface area contributed by atoms with E-state index < -0.39 is 17.8 Å². The van der Waals surface area contributed by atoms with E-state index in [0.29, 0.717) is 4.47 Å². The van der Waals surface area contributed by atoms with Crippen LogP contribution in [0.4, 0.5) is 8.78 Å². The molecule has 0 amide bonds. The minimum Gasteiger partial charge on any atom is -0.382 e. The van der Waals surface area contributed by atoms with Crippen LogP contribution in [0.3, 0.4) is 0 Å². The first-order valence-electron chi connectivity index (χ1n) is 5.84. The number of alkyl halides is 2. The van der Waals surface area contributed by atoms with E-state index in [1.54, 1.807) is 6.07 Å². The third kappa shape index (κ3) is 2.94. The van der Waals surface area contributed by atoms with Gasteiger partial charge in [0, 0.05) is 10.0 Å². The molecule has 0 spiro atoms. The fourth-order valence-electron chi connectivity index (χ4n) is 1.76. The summed E-state index contributed by atoms with van der Waals surface area (Å²) in [5, 5.41) is 9.75. The molecule has 0 bridgehead atoms. The first-order valence-corrected chi connectivity index (χ1v) is 6.63. The van der Waals surface area contributed by atoms with Gasteiger partial charge >= 0.3 is 5.92 Å². The molecule has 20 heavy (non-hydrogen) atoms. The number of hydrogen-bond acceptors (Lipinski definition) is 2. The van der Waals surface area contributed by atoms with Crippen molar-refractivity contribution in [2.75, 3.05) is 0 Å². The van der Waals surface area contributed by atoms with Crippen LogP contribution in [-0.4, -0.2) is 16.8 Å². The van der Waals surface area contributed by atoms with Gasteiger partial charge in [0.2, 0.25) is 5.78 Å². The summed E-state index contributed by atoms with van der Waals surface area (Å²) in [6, 6.07) is 13.0. The van der Waals surface area contributed by atoms with Crippen molar-refractivity contribution in [2.45, 2.75) is 12.0 Å². The Morgan fingerprint density at radius 3 is 2.15 bits per heavy atom. The maximum Gasteiger partial charge on any atom is 0.339 e. The van der Waals surface area contributed by atoms with Crippen molar-refractivity contribution in [1.82, 2.24) is 0 Å². The van der Waals surface area contributed by atoms with E-state index in [1.807, 2.05) is 0 Å². The van der Waals surface area contributed by atoms with E-state index in [2.05, 4.69) is 15.9 Å². The van der Waals surface area contributed by atoms with Gasteiger partial charge < -0.3 is 5.11 Å². The van der Waals surface area contributed by atoms with Crippen LogP contribution in [0, 0.1) is 0 Å². The normalized spacial score (nSPS) is 13.0. The van der Waals surface area contributed by atoms with Crippen LogP contribution < -0.4 is 0 Å². The smallest absolute Gasteiger partial charge is 0.339 e. The minimum atomic E-state index is -3.88. The summed E-state index contributed by atoms with van der Waals surface area (Å²) in [5.41, 5.74) is -0.142. The summed E-state index contributed by atoms with van der Waals surface area (Å²) in [7, 11) is 0. The maximum atomic E-state index is 14.1. The zero-order chi connectivity index (χ0) is 14.8. The highest BCUT2D eigenvalue weighted by Crippen LogP contribution is 2.34. The Morgan fingerprint density at radius 2 is 1.60 bits per heavy atom. The molecule has 0 heterocycles. The Bertz CT molecular complexity index is 597. The largest absolute Gasteiger partial charge is 0.382 e. The van der Waals surface area contributed by atoms with Crippen molar-refractivity contribution in [3.05, 3.63) is 70.2 Å². The molecule has 0 aliphatic carbocycles. The van der Waals surface area contributed by atoms with Crippen LogP contribution in [0.5, 0.6) is 0 Å². The first-order chi connectivity index (χ1) is 9.43. The van der Waals surface area contributed by atoms with Gasteiger partial charge in [0.05, 0.1) is 0 Å². The highest BCUT2D eigenvalue weighted by molar-refractivity contribution is 9.10. The Kier molecular flexibility index (Phi) is 4.30. The number of hydrogen-bond donors (Lipinski definition) is 1. The zero-order valence-corrected chi connectivity index (χ0v) is 11.8. The van der Waals surface area contributed by atoms with Crippen LogP contribution in [0.2, 0.25) is 0 Å². The molecular weight excluding hydrogens is 330 g/mol. The number of aliphatic hydroxyl groups is 1. The van der Waals surface area contributed by atoms with Gasteiger partial charge in [-0.15, -0.1) is 0 Å². The molecule has 104 valence electrons. The lowest BCUT2D eigenvalue weighted by atomic mass is 9.96. The van der Waals surface area contributed by atoms with Crippen molar-refractivity contribution >= 4 is 21.7 Å². The van der Waals surface area contributed by atoms with Crippen LogP contribution in [-0.2, 0) is 0 Å². The topological polar surface area (TPSA) is 37.3 Å². The fourth-order valence-corrected chi connectivity index (χ4v) is 2.03. The summed E-state index contributed by atoms with van der Waals surface area (Å²) in [6.45, 7) is 0. The highest BCUT2D eigenvalue weighted by atomic mass is 79.9. The number of carbonyl (C=O) groups is 1. The summed E-state index contributed by atoms with van der Waals surface area (Å²) in [4.78, 5) is 11.9. The summed E-state index contributed by atoms with van der Waals surface area (Å²) >= 11 is 3.16. The SMILES string of the molecule is O=C(c1ccc(Br)cc1)C(F)(F)C(O)c1ccccc1. The predicted molar refractivity (Wildman–Crippen MR) is 74.8 cm³/mol. The van der Waals surface area contributed by atoms with Crippen LogP contribution >= 0.6 is 15.9 Å². The van der Waals surface area contributed by atoms with Gasteiger partial charge in [-0.25, -0.2) is 0 Å². The van der Waals surface area contributed by atoms with E-state index >= 15 is 0 Å². The molecule has 2 nitrogen and oxygen atoms in total. The molecule has 1 unspecified atom stereocenters. The lowest BCUT2D eigenvalue weighted by Gasteiger charge is -2.21. The van der Waals surface area contributed by atoms with Gasteiger partial charge in [-0.3, -0.25) is 4.79 Å². The third-order valence-corrected chi connectivity index (χ3v) is 3.40. The van der Waals surface area contributed by atoms with Crippen molar-refractivity contribution < 1.29 is 18.7 Å². The molecule has 0 aliphatic rings. The quantitative estimate of drug-likeness (QED) is 0.854. The average molecular weight is 341 g/mol. The zero-order valence-electron chi connectivity index (χ0n) is 10.3. The van der Waals surface area contributed by atoms with Crippen LogP contribution in [0.1, 0.15) is 22.0 Å². The number of halogens is 3. The van der Waals surface area contributed by atoms with Gasteiger partial charge in [-0.2, -0.15) is 8.78 Å². The van der Waals surface area contributed by atoms with Crippen LogP contribution in [0.25, 0.3) is 0 Å². The molecule has 0 aliphatic heterocycles. The first kappa shape index (κ1) is 14.8. The van der Waals surface area contributed by atoms with Gasteiger partial charge in [0.25, 0.3) is 0 Å². The Hall–Kier alpha value is -1.59. The molecule has 0 aromatic heterocycles. The number of Topliss-reactive ketones (excluding diaryl/α,β-unsaturated/α-hetero) is 1.